The molecule has 0 saturated heterocycles. The molecule has 0 amide bonds. The van der Waals surface area contributed by atoms with Crippen LogP contribution in [-0.2, 0) is 11.8 Å². The van der Waals surface area contributed by atoms with Crippen molar-refractivity contribution in [3.05, 3.63) is 52.5 Å². The molecule has 1 aliphatic rings. The number of aromatic nitrogens is 1. The highest BCUT2D eigenvalue weighted by Crippen LogP contribution is 2.44. The average molecular weight is 300 g/mol. The molecular weight excluding hydrogens is 276 g/mol. The summed E-state index contributed by atoms with van der Waals surface area (Å²) in [6.45, 7) is 3.23. The van der Waals surface area contributed by atoms with Crippen LogP contribution < -0.4 is 5.32 Å². The number of nitrogens with one attached hydrogen (secondary N) is 1. The number of nitrogens with zero attached hydrogens (tertiary/aromatic N) is 1. The molecular formula is C18H24N2S. The third-order valence-electron chi connectivity index (χ3n) is 4.82. The number of thiazole rings is 1. The van der Waals surface area contributed by atoms with Gasteiger partial charge in [0, 0.05) is 29.5 Å². The zero-order chi connectivity index (χ0) is 14.5. The number of rotatable bonds is 6. The zero-order valence-corrected chi connectivity index (χ0v) is 13.5. The van der Waals surface area contributed by atoms with Gasteiger partial charge in [-0.15, -0.1) is 11.3 Å². The Balaban J connectivity index is 1.93. The van der Waals surface area contributed by atoms with Gasteiger partial charge in [0.15, 0.2) is 0 Å². The normalized spacial score (nSPS) is 18.7. The van der Waals surface area contributed by atoms with Gasteiger partial charge in [0.2, 0.25) is 0 Å². The van der Waals surface area contributed by atoms with Crippen LogP contribution in [0.1, 0.15) is 43.2 Å². The van der Waals surface area contributed by atoms with E-state index >= 15 is 0 Å². The van der Waals surface area contributed by atoms with Crippen LogP contribution in [0.25, 0.3) is 0 Å². The van der Waals surface area contributed by atoms with Crippen LogP contribution in [0.3, 0.4) is 0 Å². The summed E-state index contributed by atoms with van der Waals surface area (Å²) in [5, 5.41) is 7.11. The molecule has 1 heterocycles. The highest BCUT2D eigenvalue weighted by Gasteiger charge is 2.42. The van der Waals surface area contributed by atoms with Crippen molar-refractivity contribution in [3.8, 4) is 0 Å². The molecule has 2 aromatic rings. The molecule has 3 rings (SSSR count). The maximum absolute atomic E-state index is 4.51. The van der Waals surface area contributed by atoms with E-state index in [2.05, 4.69) is 52.9 Å². The van der Waals surface area contributed by atoms with E-state index in [4.69, 9.17) is 0 Å². The minimum atomic E-state index is 0.281. The average Bonchev–Trinajstić information content (AvgIpc) is 3.20. The quantitative estimate of drug-likeness (QED) is 0.866. The lowest BCUT2D eigenvalue weighted by atomic mass is 9.71. The van der Waals surface area contributed by atoms with Crippen molar-refractivity contribution in [1.82, 2.24) is 10.3 Å². The Morgan fingerprint density at radius 3 is 2.62 bits per heavy atom. The Bertz CT molecular complexity index is 530. The third kappa shape index (κ3) is 3.04. The Kier molecular flexibility index (Phi) is 4.71. The van der Waals surface area contributed by atoms with Crippen molar-refractivity contribution in [2.75, 3.05) is 6.54 Å². The Morgan fingerprint density at radius 2 is 2.00 bits per heavy atom. The van der Waals surface area contributed by atoms with Crippen LogP contribution in [0.15, 0.2) is 41.9 Å². The molecule has 1 aliphatic carbocycles. The molecule has 3 heteroatoms. The standard InChI is InChI=1S/C18H24N2S/c1-2-19-16(14-17-20-12-13-21-17)18(10-6-7-11-18)15-8-4-3-5-9-15/h3-5,8-9,12-13,16,19H,2,6-7,10-11,14H2,1H3. The predicted molar refractivity (Wildman–Crippen MR) is 89.9 cm³/mol. The van der Waals surface area contributed by atoms with Gasteiger partial charge in [-0.2, -0.15) is 0 Å². The second-order valence-corrected chi connectivity index (χ2v) is 6.95. The predicted octanol–water partition coefficient (Wildman–Crippen LogP) is 4.18. The molecule has 0 radical (unpaired) electrons. The van der Waals surface area contributed by atoms with E-state index in [9.17, 15) is 0 Å². The first-order chi connectivity index (χ1) is 10.3. The molecule has 1 aromatic carbocycles. The Labute approximate surface area is 131 Å². The van der Waals surface area contributed by atoms with Crippen LogP contribution in [-0.4, -0.2) is 17.6 Å². The van der Waals surface area contributed by atoms with Gasteiger partial charge < -0.3 is 5.32 Å². The Hall–Kier alpha value is -1.19. The van der Waals surface area contributed by atoms with Gasteiger partial charge in [-0.05, 0) is 24.9 Å². The van der Waals surface area contributed by atoms with E-state index in [0.29, 0.717) is 6.04 Å². The molecule has 21 heavy (non-hydrogen) atoms. The first-order valence-electron chi connectivity index (χ1n) is 8.02. The molecule has 1 saturated carbocycles. The summed E-state index contributed by atoms with van der Waals surface area (Å²) >= 11 is 1.78. The second-order valence-electron chi connectivity index (χ2n) is 5.97. The van der Waals surface area contributed by atoms with Crippen LogP contribution in [0.4, 0.5) is 0 Å². The lowest BCUT2D eigenvalue weighted by molar-refractivity contribution is 0.297. The maximum atomic E-state index is 4.51. The van der Waals surface area contributed by atoms with E-state index in [0.717, 1.165) is 13.0 Å². The fourth-order valence-corrected chi connectivity index (χ4v) is 4.52. The van der Waals surface area contributed by atoms with Crippen LogP contribution in [0.5, 0.6) is 0 Å². The summed E-state index contributed by atoms with van der Waals surface area (Å²) < 4.78 is 0. The van der Waals surface area contributed by atoms with Crippen molar-refractivity contribution in [2.24, 2.45) is 0 Å². The largest absolute Gasteiger partial charge is 0.313 e. The van der Waals surface area contributed by atoms with E-state index in [1.165, 1.54) is 36.3 Å². The second kappa shape index (κ2) is 6.71. The summed E-state index contributed by atoms with van der Waals surface area (Å²) in [6.07, 6.45) is 8.23. The van der Waals surface area contributed by atoms with Crippen molar-refractivity contribution in [1.29, 1.82) is 0 Å². The van der Waals surface area contributed by atoms with Gasteiger partial charge in [-0.25, -0.2) is 4.98 Å². The lowest BCUT2D eigenvalue weighted by Gasteiger charge is -2.38. The highest BCUT2D eigenvalue weighted by atomic mass is 32.1. The number of hydrogen-bond acceptors (Lipinski definition) is 3. The van der Waals surface area contributed by atoms with Gasteiger partial charge >= 0.3 is 0 Å². The summed E-state index contributed by atoms with van der Waals surface area (Å²) in [7, 11) is 0. The number of hydrogen-bond donors (Lipinski definition) is 1. The summed E-state index contributed by atoms with van der Waals surface area (Å²) in [6, 6.07) is 11.6. The number of likely N-dealkylation sites (N-methyl/N-ethyl adjacent to an activating group) is 1. The van der Waals surface area contributed by atoms with Crippen molar-refractivity contribution >= 4 is 11.3 Å². The molecule has 1 fully saturated rings. The molecule has 1 N–H and O–H groups in total. The fourth-order valence-electron chi connectivity index (χ4n) is 3.85. The van der Waals surface area contributed by atoms with Crippen molar-refractivity contribution in [2.45, 2.75) is 50.5 Å². The van der Waals surface area contributed by atoms with E-state index in [1.54, 1.807) is 11.3 Å². The molecule has 1 atom stereocenters. The molecule has 0 spiro atoms. The minimum Gasteiger partial charge on any atom is -0.313 e. The van der Waals surface area contributed by atoms with Gasteiger partial charge in [0.1, 0.15) is 0 Å². The third-order valence-corrected chi connectivity index (χ3v) is 5.63. The van der Waals surface area contributed by atoms with Gasteiger partial charge in [0.05, 0.1) is 5.01 Å². The SMILES string of the molecule is CCNC(Cc1nccs1)C1(c2ccccc2)CCCC1. The van der Waals surface area contributed by atoms with Crippen molar-refractivity contribution < 1.29 is 0 Å². The van der Waals surface area contributed by atoms with E-state index in [-0.39, 0.29) is 5.41 Å². The monoisotopic (exact) mass is 300 g/mol. The molecule has 2 nitrogen and oxygen atoms in total. The molecule has 1 aromatic heterocycles. The molecule has 112 valence electrons. The zero-order valence-electron chi connectivity index (χ0n) is 12.7. The van der Waals surface area contributed by atoms with Gasteiger partial charge in [0.25, 0.3) is 0 Å². The Morgan fingerprint density at radius 1 is 1.24 bits per heavy atom. The first kappa shape index (κ1) is 14.7. The summed E-state index contributed by atoms with van der Waals surface area (Å²) in [5.41, 5.74) is 1.79. The van der Waals surface area contributed by atoms with Gasteiger partial charge in [-0.1, -0.05) is 50.1 Å². The van der Waals surface area contributed by atoms with Gasteiger partial charge in [-0.3, -0.25) is 0 Å². The minimum absolute atomic E-state index is 0.281. The van der Waals surface area contributed by atoms with E-state index in [1.807, 2.05) is 6.20 Å². The van der Waals surface area contributed by atoms with Crippen LogP contribution in [0, 0.1) is 0 Å². The van der Waals surface area contributed by atoms with E-state index < -0.39 is 0 Å². The topological polar surface area (TPSA) is 24.9 Å². The number of benzene rings is 1. The fraction of sp³-hybridized carbons (Fsp3) is 0.500. The maximum Gasteiger partial charge on any atom is 0.0940 e. The van der Waals surface area contributed by atoms with Crippen molar-refractivity contribution in [3.63, 3.8) is 0 Å². The first-order valence-corrected chi connectivity index (χ1v) is 8.90. The summed E-state index contributed by atoms with van der Waals surface area (Å²) in [5.74, 6) is 0. The van der Waals surface area contributed by atoms with Crippen LogP contribution >= 0.6 is 11.3 Å². The smallest absolute Gasteiger partial charge is 0.0940 e. The van der Waals surface area contributed by atoms with Crippen LogP contribution in [0.2, 0.25) is 0 Å². The lowest BCUT2D eigenvalue weighted by Crippen LogP contribution is -2.48. The molecule has 0 aliphatic heterocycles. The molecule has 0 bridgehead atoms. The highest BCUT2D eigenvalue weighted by molar-refractivity contribution is 7.09. The summed E-state index contributed by atoms with van der Waals surface area (Å²) in [4.78, 5) is 4.51. The molecule has 1 unspecified atom stereocenters.